The lowest BCUT2D eigenvalue weighted by molar-refractivity contribution is 0.678. The summed E-state index contributed by atoms with van der Waals surface area (Å²) in [6.07, 6.45) is 4.55. The first-order chi connectivity index (χ1) is 9.38. The molecule has 0 spiro atoms. The Balaban J connectivity index is 1.59. The van der Waals surface area contributed by atoms with Gasteiger partial charge in [-0.25, -0.2) is 4.98 Å². The number of aromatic nitrogens is 2. The Morgan fingerprint density at radius 3 is 3.16 bits per heavy atom. The highest BCUT2D eigenvalue weighted by molar-refractivity contribution is 7.17. The van der Waals surface area contributed by atoms with Gasteiger partial charge in [0, 0.05) is 29.7 Å². The Hall–Kier alpha value is -1.30. The second-order valence-electron chi connectivity index (χ2n) is 4.83. The average molecular weight is 287 g/mol. The predicted octanol–water partition coefficient (Wildman–Crippen LogP) is 3.67. The quantitative estimate of drug-likeness (QED) is 0.795. The third kappa shape index (κ3) is 2.41. The highest BCUT2D eigenvalue weighted by Gasteiger charge is 2.20. The Labute approximate surface area is 119 Å². The number of thiazole rings is 1. The maximum absolute atomic E-state index is 4.69. The normalized spacial score (nSPS) is 15.2. The number of pyridine rings is 1. The van der Waals surface area contributed by atoms with Crippen LogP contribution in [-0.2, 0) is 6.54 Å². The summed E-state index contributed by atoms with van der Waals surface area (Å²) in [5.41, 5.74) is 3.33. The van der Waals surface area contributed by atoms with Crippen LogP contribution >= 0.6 is 22.7 Å². The largest absolute Gasteiger partial charge is 0.308 e. The molecule has 1 N–H and O–H groups in total. The molecule has 19 heavy (non-hydrogen) atoms. The predicted molar refractivity (Wildman–Crippen MR) is 80.6 cm³/mol. The number of hydrogen-bond donors (Lipinski definition) is 1. The van der Waals surface area contributed by atoms with Crippen LogP contribution in [0.2, 0.25) is 0 Å². The molecule has 1 fully saturated rings. The average Bonchev–Trinajstić information content (AvgIpc) is 2.96. The molecule has 0 unspecified atom stereocenters. The van der Waals surface area contributed by atoms with Crippen molar-refractivity contribution in [3.63, 3.8) is 0 Å². The summed E-state index contributed by atoms with van der Waals surface area (Å²) in [6.45, 7) is 0.885. The van der Waals surface area contributed by atoms with Gasteiger partial charge in [-0.2, -0.15) is 0 Å². The van der Waals surface area contributed by atoms with Crippen molar-refractivity contribution < 1.29 is 0 Å². The maximum atomic E-state index is 4.69. The zero-order chi connectivity index (χ0) is 12.7. The van der Waals surface area contributed by atoms with E-state index in [1.807, 2.05) is 6.20 Å². The molecule has 0 bridgehead atoms. The first kappa shape index (κ1) is 11.5. The van der Waals surface area contributed by atoms with Gasteiger partial charge in [-0.3, -0.25) is 4.98 Å². The molecule has 1 aliphatic rings. The molecule has 0 amide bonds. The van der Waals surface area contributed by atoms with Crippen molar-refractivity contribution in [2.24, 2.45) is 0 Å². The molecule has 96 valence electrons. The van der Waals surface area contributed by atoms with Gasteiger partial charge >= 0.3 is 0 Å². The summed E-state index contributed by atoms with van der Waals surface area (Å²) in [4.78, 5) is 9.16. The standard InChI is InChI=1S/C14H13N3S2/c1-2-10(1)15-7-11-8-19-14(17-11)9-5-13-12(16-6-9)3-4-18-13/h3-6,8,10,15H,1-2,7H2. The second kappa shape index (κ2) is 4.67. The van der Waals surface area contributed by atoms with Crippen LogP contribution < -0.4 is 5.32 Å². The molecule has 0 aliphatic heterocycles. The van der Waals surface area contributed by atoms with Gasteiger partial charge in [0.05, 0.1) is 15.9 Å². The van der Waals surface area contributed by atoms with Crippen molar-refractivity contribution >= 4 is 32.9 Å². The lowest BCUT2D eigenvalue weighted by Crippen LogP contribution is -2.15. The highest BCUT2D eigenvalue weighted by Crippen LogP contribution is 2.28. The Morgan fingerprint density at radius 2 is 2.26 bits per heavy atom. The molecule has 3 heterocycles. The third-order valence-corrected chi connectivity index (χ3v) is 5.04. The fourth-order valence-corrected chi connectivity index (χ4v) is 3.60. The van der Waals surface area contributed by atoms with Crippen molar-refractivity contribution in [1.82, 2.24) is 15.3 Å². The zero-order valence-electron chi connectivity index (χ0n) is 10.3. The molecular weight excluding hydrogens is 274 g/mol. The van der Waals surface area contributed by atoms with Crippen LogP contribution in [0.15, 0.2) is 29.1 Å². The van der Waals surface area contributed by atoms with Gasteiger partial charge in [-0.05, 0) is 30.4 Å². The van der Waals surface area contributed by atoms with Gasteiger partial charge in [-0.1, -0.05) is 0 Å². The molecular formula is C14H13N3S2. The minimum Gasteiger partial charge on any atom is -0.308 e. The fourth-order valence-electron chi connectivity index (χ4n) is 2.02. The zero-order valence-corrected chi connectivity index (χ0v) is 11.9. The number of nitrogens with one attached hydrogen (secondary N) is 1. The fraction of sp³-hybridized carbons (Fsp3) is 0.286. The van der Waals surface area contributed by atoms with Crippen LogP contribution in [0.5, 0.6) is 0 Å². The monoisotopic (exact) mass is 287 g/mol. The van der Waals surface area contributed by atoms with E-state index < -0.39 is 0 Å². The molecule has 0 atom stereocenters. The molecule has 4 rings (SSSR count). The van der Waals surface area contributed by atoms with Gasteiger partial charge in [0.25, 0.3) is 0 Å². The van der Waals surface area contributed by atoms with Crippen molar-refractivity contribution in [2.45, 2.75) is 25.4 Å². The van der Waals surface area contributed by atoms with E-state index in [0.29, 0.717) is 0 Å². The number of nitrogens with zero attached hydrogens (tertiary/aromatic N) is 2. The van der Waals surface area contributed by atoms with Crippen molar-refractivity contribution in [2.75, 3.05) is 0 Å². The minimum atomic E-state index is 0.731. The summed E-state index contributed by atoms with van der Waals surface area (Å²) in [5, 5.41) is 8.78. The van der Waals surface area contributed by atoms with Crippen LogP contribution in [0.4, 0.5) is 0 Å². The third-order valence-electron chi connectivity index (χ3n) is 3.25. The van der Waals surface area contributed by atoms with E-state index in [1.165, 1.54) is 17.5 Å². The van der Waals surface area contributed by atoms with Crippen molar-refractivity contribution in [3.05, 3.63) is 34.8 Å². The summed E-state index contributed by atoms with van der Waals surface area (Å²) < 4.78 is 1.23. The van der Waals surface area contributed by atoms with Gasteiger partial charge in [0.15, 0.2) is 0 Å². The summed E-state index contributed by atoms with van der Waals surface area (Å²) in [7, 11) is 0. The number of thiophene rings is 1. The van der Waals surface area contributed by atoms with Crippen molar-refractivity contribution in [1.29, 1.82) is 0 Å². The molecule has 0 radical (unpaired) electrons. The van der Waals surface area contributed by atoms with Crippen molar-refractivity contribution in [3.8, 4) is 10.6 Å². The molecule has 1 aliphatic carbocycles. The van der Waals surface area contributed by atoms with E-state index in [4.69, 9.17) is 4.98 Å². The SMILES string of the molecule is c1cc2ncc(-c3nc(CNC4CC4)cs3)cc2s1. The van der Waals surface area contributed by atoms with Gasteiger partial charge in [-0.15, -0.1) is 22.7 Å². The molecule has 0 saturated heterocycles. The smallest absolute Gasteiger partial charge is 0.125 e. The molecule has 5 heteroatoms. The first-order valence-electron chi connectivity index (χ1n) is 6.40. The van der Waals surface area contributed by atoms with Crippen LogP contribution in [0.3, 0.4) is 0 Å². The van der Waals surface area contributed by atoms with Gasteiger partial charge in [0.1, 0.15) is 5.01 Å². The van der Waals surface area contributed by atoms with Crippen LogP contribution in [0, 0.1) is 0 Å². The minimum absolute atomic E-state index is 0.731. The maximum Gasteiger partial charge on any atom is 0.125 e. The number of hydrogen-bond acceptors (Lipinski definition) is 5. The van der Waals surface area contributed by atoms with E-state index in [1.54, 1.807) is 22.7 Å². The summed E-state index contributed by atoms with van der Waals surface area (Å²) in [6, 6.07) is 4.97. The van der Waals surface area contributed by atoms with Crippen LogP contribution in [0.25, 0.3) is 20.8 Å². The Kier molecular flexibility index (Phi) is 2.83. The molecule has 0 aromatic carbocycles. The van der Waals surface area contributed by atoms with E-state index in [0.717, 1.165) is 34.4 Å². The number of rotatable bonds is 4. The lowest BCUT2D eigenvalue weighted by Gasteiger charge is -1.98. The second-order valence-corrected chi connectivity index (χ2v) is 6.63. The first-order valence-corrected chi connectivity index (χ1v) is 8.16. The van der Waals surface area contributed by atoms with E-state index in [2.05, 4.69) is 33.2 Å². The van der Waals surface area contributed by atoms with E-state index in [9.17, 15) is 0 Å². The molecule has 3 aromatic rings. The van der Waals surface area contributed by atoms with Crippen LogP contribution in [0.1, 0.15) is 18.5 Å². The molecule has 1 saturated carbocycles. The Bertz CT molecular complexity index is 712. The molecule has 3 aromatic heterocycles. The summed E-state index contributed by atoms with van der Waals surface area (Å²) >= 11 is 3.43. The van der Waals surface area contributed by atoms with Crippen LogP contribution in [-0.4, -0.2) is 16.0 Å². The lowest BCUT2D eigenvalue weighted by atomic mass is 10.3. The Morgan fingerprint density at radius 1 is 1.32 bits per heavy atom. The van der Waals surface area contributed by atoms with E-state index in [-0.39, 0.29) is 0 Å². The topological polar surface area (TPSA) is 37.8 Å². The van der Waals surface area contributed by atoms with E-state index >= 15 is 0 Å². The summed E-state index contributed by atoms with van der Waals surface area (Å²) in [5.74, 6) is 0. The van der Waals surface area contributed by atoms with Gasteiger partial charge < -0.3 is 5.32 Å². The highest BCUT2D eigenvalue weighted by atomic mass is 32.1. The molecule has 3 nitrogen and oxygen atoms in total. The number of fused-ring (bicyclic) bond motifs is 1. The van der Waals surface area contributed by atoms with Gasteiger partial charge in [0.2, 0.25) is 0 Å².